The zero-order chi connectivity index (χ0) is 13.7. The van der Waals surface area contributed by atoms with Gasteiger partial charge in [0, 0.05) is 6.04 Å². The Labute approximate surface area is 117 Å². The topological polar surface area (TPSA) is 49.3 Å². The van der Waals surface area contributed by atoms with Crippen molar-refractivity contribution in [2.75, 3.05) is 0 Å². The molecule has 0 heterocycles. The number of rotatable bonds is 7. The number of aliphatic hydroxyl groups is 1. The first-order valence-corrected chi connectivity index (χ1v) is 8.15. The molecule has 1 amide bonds. The summed E-state index contributed by atoms with van der Waals surface area (Å²) in [5.74, 6) is 0.756. The molecule has 3 nitrogen and oxygen atoms in total. The lowest BCUT2D eigenvalue weighted by atomic mass is 9.78. The van der Waals surface area contributed by atoms with E-state index >= 15 is 0 Å². The largest absolute Gasteiger partial charge is 0.389 e. The minimum Gasteiger partial charge on any atom is -0.389 e. The second-order valence-electron chi connectivity index (χ2n) is 6.62. The highest BCUT2D eigenvalue weighted by molar-refractivity contribution is 5.77. The van der Waals surface area contributed by atoms with Gasteiger partial charge >= 0.3 is 0 Å². The van der Waals surface area contributed by atoms with Crippen LogP contribution in [0, 0.1) is 5.92 Å². The van der Waals surface area contributed by atoms with Crippen LogP contribution in [0.25, 0.3) is 0 Å². The standard InChI is InChI=1S/C16H29NO2/c1-2-3-9-14(13-7-6-8-13)17-15(18)12-16(19)10-4-5-11-16/h13-14,19H,2-12H2,1H3,(H,17,18). The number of amides is 1. The third-order valence-corrected chi connectivity index (χ3v) is 4.96. The lowest BCUT2D eigenvalue weighted by Gasteiger charge is -2.35. The van der Waals surface area contributed by atoms with Gasteiger partial charge in [0.25, 0.3) is 0 Å². The zero-order valence-corrected chi connectivity index (χ0v) is 12.3. The number of nitrogens with one attached hydrogen (secondary N) is 1. The Kier molecular flexibility index (Phi) is 5.26. The van der Waals surface area contributed by atoms with Crippen LogP contribution in [0.2, 0.25) is 0 Å². The van der Waals surface area contributed by atoms with Crippen molar-refractivity contribution in [2.45, 2.75) is 89.2 Å². The molecular formula is C16H29NO2. The Morgan fingerprint density at radius 1 is 1.32 bits per heavy atom. The SMILES string of the molecule is CCCCC(NC(=O)CC1(O)CCCC1)C1CCC1. The molecule has 0 spiro atoms. The number of hydrogen-bond acceptors (Lipinski definition) is 2. The van der Waals surface area contributed by atoms with Crippen LogP contribution in [0.4, 0.5) is 0 Å². The van der Waals surface area contributed by atoms with E-state index in [-0.39, 0.29) is 5.91 Å². The molecular weight excluding hydrogens is 238 g/mol. The molecule has 19 heavy (non-hydrogen) atoms. The molecule has 0 saturated heterocycles. The smallest absolute Gasteiger partial charge is 0.223 e. The van der Waals surface area contributed by atoms with Gasteiger partial charge < -0.3 is 10.4 Å². The van der Waals surface area contributed by atoms with E-state index in [0.717, 1.165) is 32.1 Å². The fraction of sp³-hybridized carbons (Fsp3) is 0.938. The Morgan fingerprint density at radius 3 is 2.53 bits per heavy atom. The number of unbranched alkanes of at least 4 members (excludes halogenated alkanes) is 1. The van der Waals surface area contributed by atoms with Gasteiger partial charge in [0.05, 0.1) is 12.0 Å². The summed E-state index contributed by atoms with van der Waals surface area (Å²) in [6, 6.07) is 0.353. The average molecular weight is 267 g/mol. The highest BCUT2D eigenvalue weighted by Crippen LogP contribution is 2.34. The van der Waals surface area contributed by atoms with Crippen LogP contribution in [0.1, 0.15) is 77.6 Å². The summed E-state index contributed by atoms with van der Waals surface area (Å²) in [6.45, 7) is 2.20. The lowest BCUT2D eigenvalue weighted by Crippen LogP contribution is -2.45. The van der Waals surface area contributed by atoms with Crippen molar-refractivity contribution in [3.8, 4) is 0 Å². The molecule has 2 fully saturated rings. The van der Waals surface area contributed by atoms with E-state index < -0.39 is 5.60 Å². The van der Waals surface area contributed by atoms with Crippen LogP contribution in [0.3, 0.4) is 0 Å². The first-order chi connectivity index (χ1) is 9.13. The Hall–Kier alpha value is -0.570. The number of carbonyl (C=O) groups excluding carboxylic acids is 1. The van der Waals surface area contributed by atoms with Crippen LogP contribution >= 0.6 is 0 Å². The van der Waals surface area contributed by atoms with Gasteiger partial charge in [-0.15, -0.1) is 0 Å². The van der Waals surface area contributed by atoms with Crippen LogP contribution in [0.15, 0.2) is 0 Å². The van der Waals surface area contributed by atoms with E-state index in [2.05, 4.69) is 12.2 Å². The third kappa shape index (κ3) is 4.20. The third-order valence-electron chi connectivity index (χ3n) is 4.96. The molecule has 110 valence electrons. The maximum Gasteiger partial charge on any atom is 0.223 e. The predicted octanol–water partition coefficient (Wildman–Crippen LogP) is 3.16. The van der Waals surface area contributed by atoms with Gasteiger partial charge in [0.15, 0.2) is 0 Å². The van der Waals surface area contributed by atoms with Crippen molar-refractivity contribution in [3.63, 3.8) is 0 Å². The second kappa shape index (κ2) is 6.74. The van der Waals surface area contributed by atoms with Crippen LogP contribution in [-0.4, -0.2) is 22.7 Å². The van der Waals surface area contributed by atoms with E-state index in [9.17, 15) is 9.90 Å². The van der Waals surface area contributed by atoms with Crippen molar-refractivity contribution >= 4 is 5.91 Å². The minimum absolute atomic E-state index is 0.0670. The Morgan fingerprint density at radius 2 is 2.00 bits per heavy atom. The molecule has 1 atom stereocenters. The summed E-state index contributed by atoms with van der Waals surface area (Å²) in [4.78, 5) is 12.2. The highest BCUT2D eigenvalue weighted by Gasteiger charge is 2.35. The van der Waals surface area contributed by atoms with Gasteiger partial charge in [-0.25, -0.2) is 0 Å². The predicted molar refractivity (Wildman–Crippen MR) is 76.8 cm³/mol. The van der Waals surface area contributed by atoms with Crippen LogP contribution < -0.4 is 5.32 Å². The monoisotopic (exact) mass is 267 g/mol. The molecule has 3 heteroatoms. The number of carbonyl (C=O) groups is 1. The molecule has 2 rings (SSSR count). The molecule has 0 aromatic heterocycles. The lowest BCUT2D eigenvalue weighted by molar-refractivity contribution is -0.127. The molecule has 0 radical (unpaired) electrons. The Bertz CT molecular complexity index is 293. The Balaban J connectivity index is 1.80. The molecule has 0 bridgehead atoms. The van der Waals surface area contributed by atoms with Crippen LogP contribution in [-0.2, 0) is 4.79 Å². The molecule has 0 aliphatic heterocycles. The van der Waals surface area contributed by atoms with Crippen molar-refractivity contribution in [1.29, 1.82) is 0 Å². The normalized spacial score (nSPS) is 23.9. The summed E-state index contributed by atoms with van der Waals surface area (Å²) >= 11 is 0. The van der Waals surface area contributed by atoms with Crippen molar-refractivity contribution in [1.82, 2.24) is 5.32 Å². The molecule has 2 aliphatic carbocycles. The van der Waals surface area contributed by atoms with Crippen LogP contribution in [0.5, 0.6) is 0 Å². The number of hydrogen-bond donors (Lipinski definition) is 2. The van der Waals surface area contributed by atoms with Gasteiger partial charge in [-0.3, -0.25) is 4.79 Å². The average Bonchev–Trinajstić information content (AvgIpc) is 2.69. The molecule has 1 unspecified atom stereocenters. The summed E-state index contributed by atoms with van der Waals surface area (Å²) in [6.07, 6.45) is 11.3. The van der Waals surface area contributed by atoms with E-state index in [1.165, 1.54) is 32.1 Å². The van der Waals surface area contributed by atoms with Gasteiger partial charge in [-0.05, 0) is 38.0 Å². The maximum absolute atomic E-state index is 12.2. The fourth-order valence-electron chi connectivity index (χ4n) is 3.46. The molecule has 2 N–H and O–H groups in total. The molecule has 0 aromatic rings. The highest BCUT2D eigenvalue weighted by atomic mass is 16.3. The van der Waals surface area contributed by atoms with Gasteiger partial charge in [0.1, 0.15) is 0 Å². The van der Waals surface area contributed by atoms with Gasteiger partial charge in [-0.1, -0.05) is 39.0 Å². The van der Waals surface area contributed by atoms with E-state index in [1.54, 1.807) is 0 Å². The first kappa shape index (κ1) is 14.8. The zero-order valence-electron chi connectivity index (χ0n) is 12.3. The second-order valence-corrected chi connectivity index (χ2v) is 6.62. The van der Waals surface area contributed by atoms with E-state index in [4.69, 9.17) is 0 Å². The summed E-state index contributed by atoms with van der Waals surface area (Å²) in [7, 11) is 0. The van der Waals surface area contributed by atoms with Crippen molar-refractivity contribution in [3.05, 3.63) is 0 Å². The van der Waals surface area contributed by atoms with E-state index in [1.807, 2.05) is 0 Å². The van der Waals surface area contributed by atoms with Crippen molar-refractivity contribution in [2.24, 2.45) is 5.92 Å². The molecule has 2 aliphatic rings. The fourth-order valence-corrected chi connectivity index (χ4v) is 3.46. The minimum atomic E-state index is -0.709. The quantitative estimate of drug-likeness (QED) is 0.744. The summed E-state index contributed by atoms with van der Waals surface area (Å²) < 4.78 is 0. The molecule has 2 saturated carbocycles. The van der Waals surface area contributed by atoms with Gasteiger partial charge in [0.2, 0.25) is 5.91 Å². The van der Waals surface area contributed by atoms with Crippen molar-refractivity contribution < 1.29 is 9.90 Å². The summed E-state index contributed by atoms with van der Waals surface area (Å²) in [5, 5.41) is 13.5. The van der Waals surface area contributed by atoms with Gasteiger partial charge in [-0.2, -0.15) is 0 Å². The first-order valence-electron chi connectivity index (χ1n) is 8.15. The maximum atomic E-state index is 12.2. The van der Waals surface area contributed by atoms with E-state index in [0.29, 0.717) is 18.4 Å². The molecule has 0 aromatic carbocycles. The summed E-state index contributed by atoms with van der Waals surface area (Å²) in [5.41, 5.74) is -0.709.